The third kappa shape index (κ3) is 2.70. The number of benzene rings is 1. The molecule has 1 aliphatic rings. The van der Waals surface area contributed by atoms with E-state index in [0.29, 0.717) is 0 Å². The van der Waals surface area contributed by atoms with E-state index < -0.39 is 0 Å². The van der Waals surface area contributed by atoms with Gasteiger partial charge in [-0.3, -0.25) is 0 Å². The second-order valence-electron chi connectivity index (χ2n) is 5.72. The van der Waals surface area contributed by atoms with Crippen molar-refractivity contribution in [2.24, 2.45) is 5.73 Å². The molecule has 0 aliphatic carbocycles. The summed E-state index contributed by atoms with van der Waals surface area (Å²) in [5, 5.41) is 0. The van der Waals surface area contributed by atoms with Gasteiger partial charge in [0.15, 0.2) is 0 Å². The maximum atomic E-state index is 5.85. The van der Waals surface area contributed by atoms with E-state index >= 15 is 0 Å². The van der Waals surface area contributed by atoms with Crippen molar-refractivity contribution in [1.29, 1.82) is 0 Å². The minimum Gasteiger partial charge on any atom is -0.376 e. The molecule has 1 heterocycles. The number of nitrogens with two attached hydrogens (primary N) is 1. The molecule has 1 atom stereocenters. The molecule has 2 rings (SSSR count). The van der Waals surface area contributed by atoms with E-state index in [1.54, 1.807) is 0 Å². The van der Waals surface area contributed by atoms with Crippen LogP contribution in [-0.2, 0) is 10.2 Å². The van der Waals surface area contributed by atoms with Crippen molar-refractivity contribution >= 4 is 0 Å². The van der Waals surface area contributed by atoms with Crippen molar-refractivity contribution in [3.8, 4) is 0 Å². The Morgan fingerprint density at radius 3 is 2.53 bits per heavy atom. The highest BCUT2D eigenvalue weighted by Crippen LogP contribution is 2.43. The summed E-state index contributed by atoms with van der Waals surface area (Å²) in [6.45, 7) is 5.94. The summed E-state index contributed by atoms with van der Waals surface area (Å²) in [6, 6.07) is 10.8. The van der Waals surface area contributed by atoms with Crippen LogP contribution in [-0.4, -0.2) is 18.8 Å². The Balaban J connectivity index is 2.32. The van der Waals surface area contributed by atoms with Gasteiger partial charge in [-0.2, -0.15) is 0 Å². The minimum atomic E-state index is -0.0384. The highest BCUT2D eigenvalue weighted by molar-refractivity contribution is 5.27. The molecule has 1 aromatic rings. The van der Waals surface area contributed by atoms with Gasteiger partial charge in [0.25, 0.3) is 0 Å². The Kier molecular flexibility index (Phi) is 3.55. The Morgan fingerprint density at radius 2 is 1.94 bits per heavy atom. The predicted octanol–water partition coefficient (Wildman–Crippen LogP) is 2.86. The van der Waals surface area contributed by atoms with Gasteiger partial charge in [0.05, 0.1) is 5.60 Å². The largest absolute Gasteiger partial charge is 0.376 e. The van der Waals surface area contributed by atoms with Crippen LogP contribution in [0.2, 0.25) is 0 Å². The highest BCUT2D eigenvalue weighted by Gasteiger charge is 2.41. The lowest BCUT2D eigenvalue weighted by atomic mass is 9.67. The Labute approximate surface area is 104 Å². The summed E-state index contributed by atoms with van der Waals surface area (Å²) in [5.41, 5.74) is 7.42. The Hall–Kier alpha value is -0.860. The van der Waals surface area contributed by atoms with Crippen LogP contribution in [0.25, 0.3) is 0 Å². The molecule has 0 spiro atoms. The van der Waals surface area contributed by atoms with Gasteiger partial charge in [0.2, 0.25) is 0 Å². The molecule has 0 unspecified atom stereocenters. The van der Waals surface area contributed by atoms with Crippen LogP contribution in [0.5, 0.6) is 0 Å². The van der Waals surface area contributed by atoms with Crippen molar-refractivity contribution in [3.05, 3.63) is 35.9 Å². The molecule has 1 saturated heterocycles. The van der Waals surface area contributed by atoms with E-state index in [4.69, 9.17) is 10.5 Å². The SMILES string of the molecule is CC1(C)C[C@](CCN)(c2ccccc2)CCO1. The van der Waals surface area contributed by atoms with Gasteiger partial charge in [-0.1, -0.05) is 30.3 Å². The van der Waals surface area contributed by atoms with Crippen LogP contribution >= 0.6 is 0 Å². The van der Waals surface area contributed by atoms with Gasteiger partial charge in [0, 0.05) is 12.0 Å². The molecule has 94 valence electrons. The molecule has 1 fully saturated rings. The van der Waals surface area contributed by atoms with Gasteiger partial charge in [-0.15, -0.1) is 0 Å². The molecule has 0 bridgehead atoms. The van der Waals surface area contributed by atoms with E-state index in [1.807, 2.05) is 0 Å². The fraction of sp³-hybridized carbons (Fsp3) is 0.600. The van der Waals surface area contributed by atoms with Gasteiger partial charge in [0.1, 0.15) is 0 Å². The van der Waals surface area contributed by atoms with Gasteiger partial charge in [-0.05, 0) is 45.2 Å². The molecule has 17 heavy (non-hydrogen) atoms. The smallest absolute Gasteiger partial charge is 0.0635 e. The molecule has 2 nitrogen and oxygen atoms in total. The van der Waals surface area contributed by atoms with Crippen molar-refractivity contribution < 1.29 is 4.74 Å². The minimum absolute atomic E-state index is 0.0384. The zero-order valence-corrected chi connectivity index (χ0v) is 10.9. The van der Waals surface area contributed by atoms with E-state index in [9.17, 15) is 0 Å². The molecule has 2 heteroatoms. The van der Waals surface area contributed by atoms with Crippen molar-refractivity contribution in [2.45, 2.75) is 44.1 Å². The molecular weight excluding hydrogens is 210 g/mol. The lowest BCUT2D eigenvalue weighted by molar-refractivity contribution is -0.0836. The fourth-order valence-corrected chi connectivity index (χ4v) is 3.15. The Morgan fingerprint density at radius 1 is 1.24 bits per heavy atom. The maximum Gasteiger partial charge on any atom is 0.0635 e. The van der Waals surface area contributed by atoms with Crippen LogP contribution in [0.1, 0.15) is 38.7 Å². The van der Waals surface area contributed by atoms with Crippen molar-refractivity contribution in [1.82, 2.24) is 0 Å². The van der Waals surface area contributed by atoms with Crippen molar-refractivity contribution in [2.75, 3.05) is 13.2 Å². The molecule has 1 aliphatic heterocycles. The molecule has 0 amide bonds. The van der Waals surface area contributed by atoms with Gasteiger partial charge < -0.3 is 10.5 Å². The molecule has 2 N–H and O–H groups in total. The summed E-state index contributed by atoms with van der Waals surface area (Å²) >= 11 is 0. The Bertz CT molecular complexity index is 356. The predicted molar refractivity (Wildman–Crippen MR) is 71.1 cm³/mol. The van der Waals surface area contributed by atoms with Crippen LogP contribution in [0.15, 0.2) is 30.3 Å². The third-order valence-corrected chi connectivity index (χ3v) is 3.85. The standard InChI is InChI=1S/C15H23NO/c1-14(2)12-15(8-10-16,9-11-17-14)13-6-4-3-5-7-13/h3-7H,8-12,16H2,1-2H3/t15-/m1/s1. The lowest BCUT2D eigenvalue weighted by Gasteiger charge is -2.45. The molecule has 0 aromatic heterocycles. The summed E-state index contributed by atoms with van der Waals surface area (Å²) in [7, 11) is 0. The normalized spacial score (nSPS) is 27.9. The fourth-order valence-electron chi connectivity index (χ4n) is 3.15. The lowest BCUT2D eigenvalue weighted by Crippen LogP contribution is -2.45. The first kappa shape index (κ1) is 12.6. The number of ether oxygens (including phenoxy) is 1. The van der Waals surface area contributed by atoms with Crippen LogP contribution in [0.3, 0.4) is 0 Å². The topological polar surface area (TPSA) is 35.2 Å². The summed E-state index contributed by atoms with van der Waals surface area (Å²) in [5.74, 6) is 0. The third-order valence-electron chi connectivity index (χ3n) is 3.85. The summed E-state index contributed by atoms with van der Waals surface area (Å²) in [4.78, 5) is 0. The molecular formula is C15H23NO. The molecule has 0 radical (unpaired) electrons. The van der Waals surface area contributed by atoms with E-state index in [1.165, 1.54) is 5.56 Å². The monoisotopic (exact) mass is 233 g/mol. The van der Waals surface area contributed by atoms with Crippen LogP contribution < -0.4 is 5.73 Å². The second-order valence-corrected chi connectivity index (χ2v) is 5.72. The first-order valence-electron chi connectivity index (χ1n) is 6.48. The van der Waals surface area contributed by atoms with E-state index in [-0.39, 0.29) is 11.0 Å². The van der Waals surface area contributed by atoms with E-state index in [2.05, 4.69) is 44.2 Å². The maximum absolute atomic E-state index is 5.85. The molecule has 0 saturated carbocycles. The molecule has 1 aromatic carbocycles. The first-order valence-corrected chi connectivity index (χ1v) is 6.48. The van der Waals surface area contributed by atoms with Crippen LogP contribution in [0.4, 0.5) is 0 Å². The summed E-state index contributed by atoms with van der Waals surface area (Å²) in [6.07, 6.45) is 3.18. The van der Waals surface area contributed by atoms with E-state index in [0.717, 1.165) is 32.4 Å². The average Bonchev–Trinajstić information content (AvgIpc) is 2.29. The highest BCUT2D eigenvalue weighted by atomic mass is 16.5. The zero-order valence-electron chi connectivity index (χ0n) is 10.9. The quantitative estimate of drug-likeness (QED) is 0.871. The number of hydrogen-bond acceptors (Lipinski definition) is 2. The van der Waals surface area contributed by atoms with Crippen molar-refractivity contribution in [3.63, 3.8) is 0 Å². The van der Waals surface area contributed by atoms with Crippen LogP contribution in [0, 0.1) is 0 Å². The first-order chi connectivity index (χ1) is 8.08. The number of rotatable bonds is 3. The van der Waals surface area contributed by atoms with Gasteiger partial charge in [-0.25, -0.2) is 0 Å². The summed E-state index contributed by atoms with van der Waals surface area (Å²) < 4.78 is 5.85. The second kappa shape index (κ2) is 4.79. The van der Waals surface area contributed by atoms with Gasteiger partial charge >= 0.3 is 0 Å². The number of hydrogen-bond donors (Lipinski definition) is 1. The average molecular weight is 233 g/mol. The zero-order chi connectivity index (χ0) is 12.4.